The predicted octanol–water partition coefficient (Wildman–Crippen LogP) is -0.00250. The zero-order valence-electron chi connectivity index (χ0n) is 14.3. The summed E-state index contributed by atoms with van der Waals surface area (Å²) in [4.78, 5) is 29.4. The van der Waals surface area contributed by atoms with Gasteiger partial charge in [0.05, 0.1) is 12.5 Å². The Morgan fingerprint density at radius 2 is 1.92 bits per heavy atom. The summed E-state index contributed by atoms with van der Waals surface area (Å²) < 4.78 is 5.69. The Labute approximate surface area is 142 Å². The summed E-state index contributed by atoms with van der Waals surface area (Å²) in [6.07, 6.45) is 1.77. The molecule has 3 aliphatic rings. The van der Waals surface area contributed by atoms with Crippen LogP contribution in [0.5, 0.6) is 0 Å². The van der Waals surface area contributed by atoms with Gasteiger partial charge in [-0.3, -0.25) is 14.6 Å². The van der Waals surface area contributed by atoms with Crippen molar-refractivity contribution in [1.82, 2.24) is 20.0 Å². The number of nitrogens with one attached hydrogen (secondary N) is 1. The van der Waals surface area contributed by atoms with Crippen molar-refractivity contribution >= 4 is 12.1 Å². The van der Waals surface area contributed by atoms with E-state index < -0.39 is 5.97 Å². The third-order valence-corrected chi connectivity index (χ3v) is 5.39. The Kier molecular flexibility index (Phi) is 5.57. The van der Waals surface area contributed by atoms with Crippen molar-refractivity contribution in [3.05, 3.63) is 0 Å². The van der Waals surface area contributed by atoms with E-state index in [4.69, 9.17) is 9.84 Å². The number of hydrogen-bond donors (Lipinski definition) is 2. The first-order chi connectivity index (χ1) is 11.6. The van der Waals surface area contributed by atoms with Gasteiger partial charge in [0.1, 0.15) is 0 Å². The van der Waals surface area contributed by atoms with Crippen molar-refractivity contribution in [2.24, 2.45) is 0 Å². The van der Waals surface area contributed by atoms with Gasteiger partial charge in [-0.25, -0.2) is 4.79 Å². The Balaban J connectivity index is 1.52. The van der Waals surface area contributed by atoms with E-state index in [9.17, 15) is 9.59 Å². The number of nitrogens with zero attached hydrogens (tertiary/aromatic N) is 3. The summed E-state index contributed by atoms with van der Waals surface area (Å²) in [5.74, 6) is -0.756. The number of ether oxygens (including phenoxy) is 1. The molecule has 1 amide bonds. The van der Waals surface area contributed by atoms with Crippen LogP contribution >= 0.6 is 0 Å². The Morgan fingerprint density at radius 3 is 2.54 bits per heavy atom. The number of carbonyl (C=O) groups excluding carboxylic acids is 1. The van der Waals surface area contributed by atoms with Crippen molar-refractivity contribution in [2.45, 2.75) is 44.5 Å². The molecule has 3 fully saturated rings. The molecule has 0 bridgehead atoms. The van der Waals surface area contributed by atoms with Gasteiger partial charge in [-0.05, 0) is 32.9 Å². The lowest BCUT2D eigenvalue weighted by Gasteiger charge is -2.39. The van der Waals surface area contributed by atoms with E-state index in [0.29, 0.717) is 6.54 Å². The molecule has 3 saturated heterocycles. The van der Waals surface area contributed by atoms with E-state index >= 15 is 0 Å². The van der Waals surface area contributed by atoms with Crippen molar-refractivity contribution in [1.29, 1.82) is 0 Å². The number of aliphatic carboxylic acids is 1. The monoisotopic (exact) mass is 340 g/mol. The van der Waals surface area contributed by atoms with Crippen LogP contribution in [0.4, 0.5) is 4.79 Å². The van der Waals surface area contributed by atoms with E-state index in [1.807, 2.05) is 4.90 Å². The first-order valence-corrected chi connectivity index (χ1v) is 8.94. The number of piperazine rings is 1. The third kappa shape index (κ3) is 3.81. The van der Waals surface area contributed by atoms with Crippen LogP contribution in [0.3, 0.4) is 0 Å². The number of hydrogen-bond acceptors (Lipinski definition) is 6. The number of carboxylic acids is 1. The Morgan fingerprint density at radius 1 is 1.25 bits per heavy atom. The smallest absolute Gasteiger partial charge is 0.412 e. The second-order valence-corrected chi connectivity index (χ2v) is 6.92. The molecule has 0 spiro atoms. The number of carboxylic acid groups (broad SMARTS) is 1. The van der Waals surface area contributed by atoms with E-state index in [-0.39, 0.29) is 30.8 Å². The first-order valence-electron chi connectivity index (χ1n) is 8.94. The highest BCUT2D eigenvalue weighted by atomic mass is 16.6. The number of rotatable bonds is 5. The molecule has 8 heteroatoms. The van der Waals surface area contributed by atoms with Gasteiger partial charge >= 0.3 is 12.1 Å². The molecule has 0 aliphatic carbocycles. The van der Waals surface area contributed by atoms with Gasteiger partial charge in [-0.1, -0.05) is 0 Å². The largest absolute Gasteiger partial charge is 0.481 e. The fourth-order valence-electron chi connectivity index (χ4n) is 4.01. The lowest BCUT2D eigenvalue weighted by Crippen LogP contribution is -2.55. The van der Waals surface area contributed by atoms with Gasteiger partial charge in [0.15, 0.2) is 6.23 Å². The van der Waals surface area contributed by atoms with E-state index in [1.54, 1.807) is 0 Å². The lowest BCUT2D eigenvalue weighted by molar-refractivity contribution is -0.137. The quantitative estimate of drug-likeness (QED) is 0.728. The minimum Gasteiger partial charge on any atom is -0.481 e. The van der Waals surface area contributed by atoms with Crippen LogP contribution in [0.1, 0.15) is 26.2 Å². The molecule has 3 rings (SSSR count). The highest BCUT2D eigenvalue weighted by Gasteiger charge is 2.45. The summed E-state index contributed by atoms with van der Waals surface area (Å²) in [6, 6.07) is 0.335. The second kappa shape index (κ2) is 7.67. The summed E-state index contributed by atoms with van der Waals surface area (Å²) in [5.41, 5.74) is 0. The average molecular weight is 340 g/mol. The van der Waals surface area contributed by atoms with Gasteiger partial charge < -0.3 is 20.1 Å². The van der Waals surface area contributed by atoms with E-state index in [1.165, 1.54) is 0 Å². The van der Waals surface area contributed by atoms with Crippen molar-refractivity contribution < 1.29 is 19.4 Å². The molecule has 24 heavy (non-hydrogen) atoms. The minimum atomic E-state index is -0.756. The first kappa shape index (κ1) is 17.4. The molecule has 0 aromatic carbocycles. The number of carbonyl (C=O) groups is 2. The number of amides is 1. The number of piperidine rings is 1. The standard InChI is InChI=1S/C16H28N4O4/c1-12-15(19-10-8-18(9-11-19)7-4-14(21)22)24-16(23)20(12)13-2-5-17-6-3-13/h12-13,15,17H,2-11H2,1H3,(H,21,22). The summed E-state index contributed by atoms with van der Waals surface area (Å²) in [7, 11) is 0. The summed E-state index contributed by atoms with van der Waals surface area (Å²) in [5, 5.41) is 12.1. The molecule has 2 N–H and O–H groups in total. The van der Waals surface area contributed by atoms with Gasteiger partial charge in [-0.15, -0.1) is 0 Å². The van der Waals surface area contributed by atoms with Gasteiger partial charge in [0, 0.05) is 38.8 Å². The summed E-state index contributed by atoms with van der Waals surface area (Å²) in [6.45, 7) is 7.83. The summed E-state index contributed by atoms with van der Waals surface area (Å²) >= 11 is 0. The van der Waals surface area contributed by atoms with Crippen LogP contribution < -0.4 is 5.32 Å². The highest BCUT2D eigenvalue weighted by Crippen LogP contribution is 2.28. The second-order valence-electron chi connectivity index (χ2n) is 6.92. The maximum absolute atomic E-state index is 12.4. The van der Waals surface area contributed by atoms with Gasteiger partial charge in [0.2, 0.25) is 0 Å². The van der Waals surface area contributed by atoms with Crippen LogP contribution in [0, 0.1) is 0 Å². The minimum absolute atomic E-state index is 0.0613. The molecule has 3 heterocycles. The zero-order valence-corrected chi connectivity index (χ0v) is 14.3. The van der Waals surface area contributed by atoms with Crippen LogP contribution in [-0.2, 0) is 9.53 Å². The maximum atomic E-state index is 12.4. The molecule has 0 radical (unpaired) electrons. The van der Waals surface area contributed by atoms with Crippen LogP contribution in [0.2, 0.25) is 0 Å². The molecule has 136 valence electrons. The van der Waals surface area contributed by atoms with Crippen molar-refractivity contribution in [2.75, 3.05) is 45.8 Å². The Bertz CT molecular complexity index is 461. The predicted molar refractivity (Wildman–Crippen MR) is 87.7 cm³/mol. The van der Waals surface area contributed by atoms with Gasteiger partial charge in [0.25, 0.3) is 0 Å². The van der Waals surface area contributed by atoms with Gasteiger partial charge in [-0.2, -0.15) is 0 Å². The average Bonchev–Trinajstić information content (AvgIpc) is 2.89. The van der Waals surface area contributed by atoms with Crippen LogP contribution in [0.25, 0.3) is 0 Å². The van der Waals surface area contributed by atoms with Crippen molar-refractivity contribution in [3.8, 4) is 0 Å². The highest BCUT2D eigenvalue weighted by molar-refractivity contribution is 5.71. The van der Waals surface area contributed by atoms with E-state index in [0.717, 1.165) is 52.1 Å². The molecule has 2 unspecified atom stereocenters. The molecular formula is C16H28N4O4. The fraction of sp³-hybridized carbons (Fsp3) is 0.875. The molecule has 2 atom stereocenters. The molecule has 0 aromatic heterocycles. The molecule has 0 saturated carbocycles. The lowest BCUT2D eigenvalue weighted by atomic mass is 10.0. The Hall–Kier alpha value is -1.38. The third-order valence-electron chi connectivity index (χ3n) is 5.39. The normalized spacial score (nSPS) is 30.5. The number of cyclic esters (lactones) is 1. The topological polar surface area (TPSA) is 85.4 Å². The SMILES string of the molecule is CC1C(N2CCN(CCC(=O)O)CC2)OC(=O)N1C1CCNCC1. The molecule has 0 aromatic rings. The molecular weight excluding hydrogens is 312 g/mol. The van der Waals surface area contributed by atoms with Crippen LogP contribution in [0.15, 0.2) is 0 Å². The van der Waals surface area contributed by atoms with E-state index in [2.05, 4.69) is 22.0 Å². The van der Waals surface area contributed by atoms with Crippen molar-refractivity contribution in [3.63, 3.8) is 0 Å². The van der Waals surface area contributed by atoms with Crippen LogP contribution in [-0.4, -0.2) is 96.0 Å². The fourth-order valence-corrected chi connectivity index (χ4v) is 4.01. The zero-order chi connectivity index (χ0) is 17.1. The molecule has 3 aliphatic heterocycles. The maximum Gasteiger partial charge on any atom is 0.412 e. The molecule has 8 nitrogen and oxygen atoms in total.